The van der Waals surface area contributed by atoms with Gasteiger partial charge in [0.1, 0.15) is 18.1 Å². The summed E-state index contributed by atoms with van der Waals surface area (Å²) in [4.78, 5) is 26.8. The molecule has 0 N–H and O–H groups in total. The van der Waals surface area contributed by atoms with Crippen molar-refractivity contribution in [2.24, 2.45) is 0 Å². The Hall–Kier alpha value is -2.73. The van der Waals surface area contributed by atoms with Gasteiger partial charge < -0.3 is 9.32 Å². The Labute approximate surface area is 155 Å². The second kappa shape index (κ2) is 7.25. The molecule has 0 bridgehead atoms. The molecule has 1 aliphatic heterocycles. The highest BCUT2D eigenvalue weighted by molar-refractivity contribution is 6.31. The van der Waals surface area contributed by atoms with Crippen molar-refractivity contribution in [1.29, 1.82) is 0 Å². The van der Waals surface area contributed by atoms with Crippen molar-refractivity contribution in [1.82, 2.24) is 19.9 Å². The number of amides is 1. The first kappa shape index (κ1) is 16.7. The van der Waals surface area contributed by atoms with Gasteiger partial charge in [0.25, 0.3) is 5.91 Å². The number of rotatable bonds is 4. The Morgan fingerprint density at radius 2 is 2.04 bits per heavy atom. The number of halogens is 1. The highest BCUT2D eigenvalue weighted by Gasteiger charge is 2.34. The lowest BCUT2D eigenvalue weighted by atomic mass is 10.1. The molecule has 0 radical (unpaired) electrons. The van der Waals surface area contributed by atoms with Gasteiger partial charge in [-0.25, -0.2) is 15.0 Å². The molecule has 4 rings (SSSR count). The van der Waals surface area contributed by atoms with E-state index >= 15 is 0 Å². The van der Waals surface area contributed by atoms with Gasteiger partial charge in [-0.15, -0.1) is 0 Å². The third-order valence-corrected chi connectivity index (χ3v) is 4.87. The van der Waals surface area contributed by atoms with Crippen LogP contribution in [-0.2, 0) is 6.42 Å². The number of benzene rings is 1. The number of hydrogen-bond donors (Lipinski definition) is 0. The lowest BCUT2D eigenvalue weighted by Crippen LogP contribution is -2.30. The van der Waals surface area contributed by atoms with Crippen molar-refractivity contribution in [3.8, 4) is 0 Å². The number of carbonyl (C=O) groups excluding carboxylic acids is 1. The van der Waals surface area contributed by atoms with Gasteiger partial charge in [-0.1, -0.05) is 29.8 Å². The van der Waals surface area contributed by atoms with Crippen molar-refractivity contribution in [2.75, 3.05) is 6.54 Å². The number of likely N-dealkylation sites (tertiary alicyclic amines) is 1. The zero-order valence-electron chi connectivity index (χ0n) is 14.0. The summed E-state index contributed by atoms with van der Waals surface area (Å²) in [6, 6.07) is 7.49. The number of nitrogens with zero attached hydrogens (tertiary/aromatic N) is 4. The third-order valence-electron chi connectivity index (χ3n) is 4.50. The van der Waals surface area contributed by atoms with Crippen LogP contribution in [0.4, 0.5) is 0 Å². The number of hydrogen-bond acceptors (Lipinski definition) is 5. The summed E-state index contributed by atoms with van der Waals surface area (Å²) in [7, 11) is 0. The van der Waals surface area contributed by atoms with Crippen LogP contribution in [0.1, 0.15) is 46.5 Å². The topological polar surface area (TPSA) is 72.1 Å². The Morgan fingerprint density at radius 3 is 2.85 bits per heavy atom. The zero-order chi connectivity index (χ0) is 17.9. The molecule has 0 aliphatic carbocycles. The fraction of sp³-hybridized carbons (Fsp3) is 0.263. The standard InChI is InChI=1S/C19H17ClN4O2/c20-16-5-2-1-4-13(16)8-15-11-23-18(26-15)17-6-3-7-24(17)19(25)14-9-21-12-22-10-14/h1-2,4-5,9-12,17H,3,6-8H2/t17-/m1/s1. The molecular formula is C19H17ClN4O2. The lowest BCUT2D eigenvalue weighted by Gasteiger charge is -2.22. The molecule has 0 unspecified atom stereocenters. The predicted molar refractivity (Wildman–Crippen MR) is 95.8 cm³/mol. The van der Waals surface area contributed by atoms with E-state index in [9.17, 15) is 4.79 Å². The van der Waals surface area contributed by atoms with Crippen molar-refractivity contribution in [3.05, 3.63) is 77.0 Å². The molecule has 7 heteroatoms. The van der Waals surface area contributed by atoms with Crippen LogP contribution in [0.5, 0.6) is 0 Å². The van der Waals surface area contributed by atoms with Crippen LogP contribution in [0.3, 0.4) is 0 Å². The van der Waals surface area contributed by atoms with Gasteiger partial charge in [0.15, 0.2) is 0 Å². The molecule has 3 aromatic rings. The predicted octanol–water partition coefficient (Wildman–Crippen LogP) is 3.69. The highest BCUT2D eigenvalue weighted by Crippen LogP contribution is 2.33. The summed E-state index contributed by atoms with van der Waals surface area (Å²) in [5, 5.41) is 0.701. The van der Waals surface area contributed by atoms with Crippen molar-refractivity contribution < 1.29 is 9.21 Å². The van der Waals surface area contributed by atoms with E-state index in [1.54, 1.807) is 11.1 Å². The van der Waals surface area contributed by atoms with Crippen LogP contribution >= 0.6 is 11.6 Å². The molecule has 1 saturated heterocycles. The van der Waals surface area contributed by atoms with Gasteiger partial charge in [-0.2, -0.15) is 0 Å². The molecule has 1 fully saturated rings. The fourth-order valence-corrected chi connectivity index (χ4v) is 3.43. The van der Waals surface area contributed by atoms with Gasteiger partial charge in [0, 0.05) is 30.4 Å². The first-order chi connectivity index (χ1) is 12.7. The minimum atomic E-state index is -0.164. The summed E-state index contributed by atoms with van der Waals surface area (Å²) in [6.07, 6.45) is 8.49. The summed E-state index contributed by atoms with van der Waals surface area (Å²) in [6.45, 7) is 0.667. The van der Waals surface area contributed by atoms with Crippen LogP contribution in [-0.4, -0.2) is 32.3 Å². The van der Waals surface area contributed by atoms with Gasteiger partial charge in [0.2, 0.25) is 5.89 Å². The van der Waals surface area contributed by atoms with Gasteiger partial charge in [-0.3, -0.25) is 4.79 Å². The molecule has 1 aromatic carbocycles. The van der Waals surface area contributed by atoms with E-state index in [1.807, 2.05) is 24.3 Å². The number of oxazole rings is 1. The minimum Gasteiger partial charge on any atom is -0.443 e. The van der Waals surface area contributed by atoms with Crippen LogP contribution in [0.2, 0.25) is 5.02 Å². The van der Waals surface area contributed by atoms with E-state index in [-0.39, 0.29) is 11.9 Å². The fourth-order valence-electron chi connectivity index (χ4n) is 3.23. The molecule has 0 spiro atoms. The first-order valence-corrected chi connectivity index (χ1v) is 8.84. The van der Waals surface area contributed by atoms with Crippen LogP contribution in [0.25, 0.3) is 0 Å². The van der Waals surface area contributed by atoms with E-state index in [2.05, 4.69) is 15.0 Å². The van der Waals surface area contributed by atoms with E-state index in [0.29, 0.717) is 29.4 Å². The molecule has 132 valence electrons. The third kappa shape index (κ3) is 3.32. The van der Waals surface area contributed by atoms with E-state index < -0.39 is 0 Å². The van der Waals surface area contributed by atoms with Gasteiger partial charge in [-0.05, 0) is 24.5 Å². The first-order valence-electron chi connectivity index (χ1n) is 8.46. The number of carbonyl (C=O) groups is 1. The minimum absolute atomic E-state index is 0.0982. The highest BCUT2D eigenvalue weighted by atomic mass is 35.5. The molecule has 2 aromatic heterocycles. The Morgan fingerprint density at radius 1 is 1.23 bits per heavy atom. The average Bonchev–Trinajstić information content (AvgIpc) is 3.33. The zero-order valence-corrected chi connectivity index (χ0v) is 14.8. The molecule has 1 aliphatic rings. The van der Waals surface area contributed by atoms with Crippen molar-refractivity contribution in [3.63, 3.8) is 0 Å². The molecule has 1 amide bonds. The number of aromatic nitrogens is 3. The maximum atomic E-state index is 12.7. The lowest BCUT2D eigenvalue weighted by molar-refractivity contribution is 0.0713. The normalized spacial score (nSPS) is 16.8. The largest absolute Gasteiger partial charge is 0.443 e. The van der Waals surface area contributed by atoms with Crippen molar-refractivity contribution >= 4 is 17.5 Å². The second-order valence-corrected chi connectivity index (χ2v) is 6.62. The average molecular weight is 369 g/mol. The summed E-state index contributed by atoms with van der Waals surface area (Å²) in [5.74, 6) is 1.20. The quantitative estimate of drug-likeness (QED) is 0.702. The Balaban J connectivity index is 1.53. The smallest absolute Gasteiger partial charge is 0.257 e. The second-order valence-electron chi connectivity index (χ2n) is 6.22. The van der Waals surface area contributed by atoms with E-state index in [0.717, 1.165) is 24.2 Å². The Bertz CT molecular complexity index is 913. The summed E-state index contributed by atoms with van der Waals surface area (Å²) in [5.41, 5.74) is 1.46. The molecule has 0 saturated carbocycles. The van der Waals surface area contributed by atoms with Gasteiger partial charge in [0.05, 0.1) is 11.8 Å². The molecule has 6 nitrogen and oxygen atoms in total. The molecule has 1 atom stereocenters. The molecule has 3 heterocycles. The monoisotopic (exact) mass is 368 g/mol. The Kier molecular flexibility index (Phi) is 4.67. The van der Waals surface area contributed by atoms with Crippen molar-refractivity contribution in [2.45, 2.75) is 25.3 Å². The maximum Gasteiger partial charge on any atom is 0.257 e. The van der Waals surface area contributed by atoms with Crippen LogP contribution < -0.4 is 0 Å². The molecular weight excluding hydrogens is 352 g/mol. The maximum absolute atomic E-state index is 12.7. The molecule has 26 heavy (non-hydrogen) atoms. The van der Waals surface area contributed by atoms with Crippen LogP contribution in [0.15, 0.2) is 53.6 Å². The van der Waals surface area contributed by atoms with E-state index in [1.165, 1.54) is 18.7 Å². The van der Waals surface area contributed by atoms with Crippen LogP contribution in [0, 0.1) is 0 Å². The summed E-state index contributed by atoms with van der Waals surface area (Å²) < 4.78 is 5.95. The van der Waals surface area contributed by atoms with E-state index in [4.69, 9.17) is 16.0 Å². The summed E-state index contributed by atoms with van der Waals surface area (Å²) >= 11 is 6.21. The van der Waals surface area contributed by atoms with Gasteiger partial charge >= 0.3 is 0 Å². The SMILES string of the molecule is O=C(c1cncnc1)N1CCC[C@@H]1c1ncc(Cc2ccccc2Cl)o1.